The molecule has 0 N–H and O–H groups in total. The second-order valence-corrected chi connectivity index (χ2v) is 10.4. The lowest BCUT2D eigenvalue weighted by Crippen LogP contribution is -2.29. The van der Waals surface area contributed by atoms with Crippen LogP contribution in [0.5, 0.6) is 0 Å². The Hall–Kier alpha value is -1.52. The standard InChI is InChI=1S/C25H32N2S2/c1-2-4-6-9-15-21(16-10-7-5-3-1)27(22-17-11-8-12-18-22)29-25-26-23-19-13-14-20-24(23)28-25/h8,11-14,17-21H,1-7,9-10,15-16H2. The van der Waals surface area contributed by atoms with E-state index in [0.717, 1.165) is 9.86 Å². The monoisotopic (exact) mass is 424 g/mol. The Kier molecular flexibility index (Phi) is 7.89. The lowest BCUT2D eigenvalue weighted by molar-refractivity contribution is 0.469. The minimum absolute atomic E-state index is 0.578. The fourth-order valence-electron chi connectivity index (χ4n) is 4.26. The van der Waals surface area contributed by atoms with E-state index in [4.69, 9.17) is 4.98 Å². The molecule has 3 aromatic rings. The van der Waals surface area contributed by atoms with Gasteiger partial charge in [0.1, 0.15) is 0 Å². The molecule has 0 aliphatic heterocycles. The van der Waals surface area contributed by atoms with Crippen LogP contribution in [0.1, 0.15) is 70.6 Å². The van der Waals surface area contributed by atoms with Crippen LogP contribution in [0, 0.1) is 0 Å². The van der Waals surface area contributed by atoms with Gasteiger partial charge in [0, 0.05) is 23.7 Å². The average Bonchev–Trinajstić information content (AvgIpc) is 3.16. The summed E-state index contributed by atoms with van der Waals surface area (Å²) in [6.45, 7) is 0. The summed E-state index contributed by atoms with van der Waals surface area (Å²) in [7, 11) is 0. The van der Waals surface area contributed by atoms with Crippen LogP contribution < -0.4 is 4.31 Å². The van der Waals surface area contributed by atoms with E-state index in [1.165, 1.54) is 81.0 Å². The van der Waals surface area contributed by atoms with Crippen molar-refractivity contribution < 1.29 is 0 Å². The van der Waals surface area contributed by atoms with E-state index in [2.05, 4.69) is 58.9 Å². The Morgan fingerprint density at radius 2 is 1.31 bits per heavy atom. The molecule has 154 valence electrons. The number of aromatic nitrogens is 1. The Bertz CT molecular complexity index is 816. The van der Waals surface area contributed by atoms with Crippen molar-refractivity contribution in [3.05, 3.63) is 54.6 Å². The van der Waals surface area contributed by atoms with Crippen molar-refractivity contribution >= 4 is 39.2 Å². The molecule has 2 nitrogen and oxygen atoms in total. The molecule has 0 bridgehead atoms. The van der Waals surface area contributed by atoms with E-state index < -0.39 is 0 Å². The van der Waals surface area contributed by atoms with E-state index in [1.54, 1.807) is 0 Å². The molecule has 0 radical (unpaired) electrons. The minimum Gasteiger partial charge on any atom is -0.307 e. The van der Waals surface area contributed by atoms with Crippen molar-refractivity contribution in [2.24, 2.45) is 0 Å². The number of rotatable bonds is 4. The van der Waals surface area contributed by atoms with Gasteiger partial charge in [0.25, 0.3) is 0 Å². The summed E-state index contributed by atoms with van der Waals surface area (Å²) >= 11 is 3.67. The topological polar surface area (TPSA) is 16.1 Å². The third-order valence-electron chi connectivity index (χ3n) is 5.87. The average molecular weight is 425 g/mol. The van der Waals surface area contributed by atoms with Crippen molar-refractivity contribution in [3.8, 4) is 0 Å². The van der Waals surface area contributed by atoms with Crippen molar-refractivity contribution in [3.63, 3.8) is 0 Å². The minimum atomic E-state index is 0.578. The summed E-state index contributed by atoms with van der Waals surface area (Å²) in [6.07, 6.45) is 15.1. The lowest BCUT2D eigenvalue weighted by Gasteiger charge is -2.32. The van der Waals surface area contributed by atoms with E-state index in [9.17, 15) is 0 Å². The number of hydrogen-bond donors (Lipinski definition) is 0. The summed E-state index contributed by atoms with van der Waals surface area (Å²) < 4.78 is 5.01. The highest BCUT2D eigenvalue weighted by atomic mass is 32.2. The molecule has 1 aliphatic rings. The van der Waals surface area contributed by atoms with Crippen LogP contribution in [0.15, 0.2) is 58.9 Å². The predicted molar refractivity (Wildman–Crippen MR) is 129 cm³/mol. The largest absolute Gasteiger partial charge is 0.307 e. The van der Waals surface area contributed by atoms with Crippen LogP contribution in [0.4, 0.5) is 5.69 Å². The van der Waals surface area contributed by atoms with Crippen molar-refractivity contribution in [1.82, 2.24) is 4.98 Å². The zero-order valence-corrected chi connectivity index (χ0v) is 18.9. The first-order valence-corrected chi connectivity index (χ1v) is 12.9. The molecule has 1 saturated carbocycles. The number of hydrogen-bond acceptors (Lipinski definition) is 4. The first-order chi connectivity index (χ1) is 14.4. The summed E-state index contributed by atoms with van der Waals surface area (Å²) in [5.74, 6) is 0. The first kappa shape index (κ1) is 20.7. The molecule has 1 fully saturated rings. The molecule has 2 aromatic carbocycles. The highest BCUT2D eigenvalue weighted by Crippen LogP contribution is 2.38. The number of benzene rings is 2. The number of fused-ring (bicyclic) bond motifs is 1. The quantitative estimate of drug-likeness (QED) is 0.391. The van der Waals surface area contributed by atoms with E-state index in [1.807, 2.05) is 23.3 Å². The second kappa shape index (κ2) is 11.0. The van der Waals surface area contributed by atoms with Gasteiger partial charge in [-0.25, -0.2) is 4.98 Å². The molecule has 0 amide bonds. The van der Waals surface area contributed by atoms with E-state index in [-0.39, 0.29) is 0 Å². The summed E-state index contributed by atoms with van der Waals surface area (Å²) in [6, 6.07) is 20.0. The molecule has 1 aliphatic carbocycles. The Labute approximate surface area is 183 Å². The number of para-hydroxylation sites is 2. The fraction of sp³-hybridized carbons (Fsp3) is 0.480. The molecular weight excluding hydrogens is 392 g/mol. The van der Waals surface area contributed by atoms with Crippen LogP contribution in [0.25, 0.3) is 10.2 Å². The number of anilines is 1. The van der Waals surface area contributed by atoms with Gasteiger partial charge in [-0.3, -0.25) is 0 Å². The maximum absolute atomic E-state index is 4.92. The third-order valence-corrected chi connectivity index (χ3v) is 8.13. The Balaban J connectivity index is 1.55. The van der Waals surface area contributed by atoms with Gasteiger partial charge in [-0.15, -0.1) is 11.3 Å². The first-order valence-electron chi connectivity index (χ1n) is 11.3. The van der Waals surface area contributed by atoms with Crippen LogP contribution in [0.3, 0.4) is 0 Å². The van der Waals surface area contributed by atoms with Gasteiger partial charge in [-0.1, -0.05) is 88.1 Å². The Morgan fingerprint density at radius 1 is 0.724 bits per heavy atom. The zero-order chi connectivity index (χ0) is 19.7. The molecule has 0 unspecified atom stereocenters. The smallest absolute Gasteiger partial charge is 0.171 e. The summed E-state index contributed by atoms with van der Waals surface area (Å²) in [4.78, 5) is 4.92. The normalized spacial score (nSPS) is 17.5. The second-order valence-electron chi connectivity index (χ2n) is 8.11. The van der Waals surface area contributed by atoms with Gasteiger partial charge in [-0.2, -0.15) is 0 Å². The van der Waals surface area contributed by atoms with Gasteiger partial charge in [-0.05, 0) is 37.1 Å². The molecule has 29 heavy (non-hydrogen) atoms. The van der Waals surface area contributed by atoms with Gasteiger partial charge in [0.15, 0.2) is 4.34 Å². The molecular formula is C25H32N2S2. The van der Waals surface area contributed by atoms with Crippen LogP contribution in [-0.2, 0) is 0 Å². The molecule has 1 heterocycles. The van der Waals surface area contributed by atoms with Gasteiger partial charge >= 0.3 is 0 Å². The van der Waals surface area contributed by atoms with E-state index in [0.29, 0.717) is 6.04 Å². The van der Waals surface area contributed by atoms with Crippen LogP contribution >= 0.6 is 23.3 Å². The number of thiazole rings is 1. The molecule has 4 rings (SSSR count). The molecule has 1 aromatic heterocycles. The van der Waals surface area contributed by atoms with Crippen molar-refractivity contribution in [2.75, 3.05) is 4.31 Å². The maximum Gasteiger partial charge on any atom is 0.171 e. The highest BCUT2D eigenvalue weighted by Gasteiger charge is 2.22. The predicted octanol–water partition coefficient (Wildman–Crippen LogP) is 8.48. The zero-order valence-electron chi connectivity index (χ0n) is 17.3. The molecule has 4 heteroatoms. The van der Waals surface area contributed by atoms with E-state index >= 15 is 0 Å². The number of nitrogens with zero attached hydrogens (tertiary/aromatic N) is 2. The Morgan fingerprint density at radius 3 is 1.97 bits per heavy atom. The summed E-state index contributed by atoms with van der Waals surface area (Å²) in [5, 5.41) is 0. The van der Waals surface area contributed by atoms with Crippen molar-refractivity contribution in [2.45, 2.75) is 81.0 Å². The molecule has 0 saturated heterocycles. The highest BCUT2D eigenvalue weighted by molar-refractivity contribution is 8.02. The fourth-order valence-corrected chi connectivity index (χ4v) is 6.51. The van der Waals surface area contributed by atoms with Gasteiger partial charge in [0.05, 0.1) is 10.2 Å². The van der Waals surface area contributed by atoms with Crippen molar-refractivity contribution in [1.29, 1.82) is 0 Å². The van der Waals surface area contributed by atoms with Crippen LogP contribution in [0.2, 0.25) is 0 Å². The van der Waals surface area contributed by atoms with Gasteiger partial charge in [0.2, 0.25) is 0 Å². The molecule has 0 spiro atoms. The SMILES string of the molecule is c1ccc(N(Sc2nc3ccccc3s2)C2CCCCCCCCCCC2)cc1. The lowest BCUT2D eigenvalue weighted by atomic mass is 9.97. The molecule has 0 atom stereocenters. The van der Waals surface area contributed by atoms with Crippen LogP contribution in [-0.4, -0.2) is 11.0 Å². The maximum atomic E-state index is 4.92. The summed E-state index contributed by atoms with van der Waals surface area (Å²) in [5.41, 5.74) is 2.43. The van der Waals surface area contributed by atoms with Gasteiger partial charge < -0.3 is 4.31 Å². The third kappa shape index (κ3) is 5.99.